The van der Waals surface area contributed by atoms with E-state index in [-0.39, 0.29) is 44.1 Å². The smallest absolute Gasteiger partial charge is 0.305 e. The van der Waals surface area contributed by atoms with Crippen LogP contribution in [0.2, 0.25) is 0 Å². The van der Waals surface area contributed by atoms with Gasteiger partial charge in [-0.25, -0.2) is 5.06 Å². The number of amides is 9. The minimum atomic E-state index is -1.84. The molecule has 14 N–H and O–H groups in total. The van der Waals surface area contributed by atoms with Gasteiger partial charge in [-0.3, -0.25) is 62.9 Å². The van der Waals surface area contributed by atoms with Crippen LogP contribution in [0.4, 0.5) is 0 Å². The van der Waals surface area contributed by atoms with Crippen molar-refractivity contribution in [3.63, 3.8) is 0 Å². The fraction of sp³-hybridized carbons (Fsp3) is 0.788. The van der Waals surface area contributed by atoms with Gasteiger partial charge >= 0.3 is 11.9 Å². The predicted octanol–water partition coefficient (Wildman–Crippen LogP) is 0.809. The number of hydrogen-bond donors (Lipinski definition) is 13. The van der Waals surface area contributed by atoms with Crippen molar-refractivity contribution in [1.82, 2.24) is 52.5 Å². The summed E-state index contributed by atoms with van der Waals surface area (Å²) >= 11 is 0. The fourth-order valence-electron chi connectivity index (χ4n) is 8.77. The number of unbranched alkanes of at least 4 members (excludes halogenated alkanes) is 11. The van der Waals surface area contributed by atoms with Gasteiger partial charge in [0.1, 0.15) is 66.1 Å². The third-order valence-corrected chi connectivity index (χ3v) is 13.0. The molecule has 0 aromatic carbocycles. The first-order chi connectivity index (χ1) is 37.9. The third kappa shape index (κ3) is 29.0. The van der Waals surface area contributed by atoms with Crippen LogP contribution in [0.1, 0.15) is 177 Å². The highest BCUT2D eigenvalue weighted by molar-refractivity contribution is 5.99. The van der Waals surface area contributed by atoms with Gasteiger partial charge in [0.25, 0.3) is 5.91 Å². The summed E-state index contributed by atoms with van der Waals surface area (Å²) in [6, 6.07) is -11.7. The number of rotatable bonds is 44. The molecule has 80 heavy (non-hydrogen) atoms. The molecule has 1 saturated heterocycles. The number of hydrogen-bond acceptors (Lipinski definition) is 16. The lowest BCUT2D eigenvalue weighted by Crippen LogP contribution is -2.60. The molecule has 28 heteroatoms. The number of aliphatic hydroxyl groups excluding tert-OH is 1. The van der Waals surface area contributed by atoms with Crippen molar-refractivity contribution in [3.05, 3.63) is 0 Å². The number of nitrogens with one attached hydrogen (secondary N) is 9. The van der Waals surface area contributed by atoms with Crippen molar-refractivity contribution in [2.75, 3.05) is 19.8 Å². The zero-order chi connectivity index (χ0) is 60.3. The van der Waals surface area contributed by atoms with Crippen molar-refractivity contribution in [2.24, 2.45) is 22.7 Å². The highest BCUT2D eigenvalue weighted by atomic mass is 16.7. The molecule has 454 valence electrons. The Labute approximate surface area is 468 Å². The van der Waals surface area contributed by atoms with Crippen molar-refractivity contribution < 1.29 is 72.9 Å². The summed E-state index contributed by atoms with van der Waals surface area (Å²) in [6.45, 7) is 11.1. The topological polar surface area (TPSA) is 433 Å². The normalized spacial score (nSPS) is 16.1. The molecular formula is C52H92N13O15+. The van der Waals surface area contributed by atoms with Crippen LogP contribution in [0, 0.1) is 17.4 Å². The number of carbonyl (C=O) groups excluding carboxylic acids is 9. The summed E-state index contributed by atoms with van der Waals surface area (Å²) in [5, 5.41) is 54.4. The Kier molecular flexibility index (Phi) is 35.4. The minimum absolute atomic E-state index is 0.0139. The van der Waals surface area contributed by atoms with Crippen LogP contribution in [-0.2, 0) is 57.6 Å². The van der Waals surface area contributed by atoms with Crippen LogP contribution in [-0.4, -0.2) is 160 Å². The number of carboxylic acids is 2. The van der Waals surface area contributed by atoms with Crippen molar-refractivity contribution >= 4 is 65.1 Å². The molecule has 1 aliphatic heterocycles. The molecule has 0 aliphatic carbocycles. The molecule has 1 rings (SSSR count). The Balaban J connectivity index is 3.36. The van der Waals surface area contributed by atoms with Gasteiger partial charge in [0.05, 0.1) is 31.7 Å². The number of nitrogens with zero attached hydrogens (tertiary/aromatic N) is 3. The van der Waals surface area contributed by atoms with E-state index in [1.165, 1.54) is 6.92 Å². The summed E-state index contributed by atoms with van der Waals surface area (Å²) < 4.78 is 0. The molecule has 0 bridgehead atoms. The van der Waals surface area contributed by atoms with Gasteiger partial charge in [0.15, 0.2) is 0 Å². The number of aliphatic carboxylic acids is 2. The maximum Gasteiger partial charge on any atom is 0.305 e. The Bertz CT molecular complexity index is 2080. The van der Waals surface area contributed by atoms with E-state index in [1.54, 1.807) is 27.7 Å². The average molecular weight is 1140 g/mol. The Morgan fingerprint density at radius 1 is 0.625 bits per heavy atom. The lowest BCUT2D eigenvalue weighted by atomic mass is 10.0. The van der Waals surface area contributed by atoms with E-state index in [9.17, 15) is 68.1 Å². The number of carboxylic acid groups (broad SMARTS) is 2. The van der Waals surface area contributed by atoms with Crippen LogP contribution in [0.5, 0.6) is 0 Å². The van der Waals surface area contributed by atoms with Crippen LogP contribution >= 0.6 is 0 Å². The number of carbonyl (C=O) groups is 11. The summed E-state index contributed by atoms with van der Waals surface area (Å²) in [4.78, 5) is 153. The first-order valence-corrected chi connectivity index (χ1v) is 28.1. The Morgan fingerprint density at radius 3 is 1.60 bits per heavy atom. The molecule has 9 atom stereocenters. The zero-order valence-corrected chi connectivity index (χ0v) is 47.8. The van der Waals surface area contributed by atoms with Crippen LogP contribution in [0.15, 0.2) is 5.11 Å². The van der Waals surface area contributed by atoms with E-state index in [1.807, 2.05) is 6.92 Å². The lowest BCUT2D eigenvalue weighted by molar-refractivity contribution is -0.180. The molecule has 0 aromatic heterocycles. The second-order valence-electron chi connectivity index (χ2n) is 21.1. The molecule has 1 unspecified atom stereocenters. The average Bonchev–Trinajstić information content (AvgIpc) is 3.73. The van der Waals surface area contributed by atoms with Gasteiger partial charge in [-0.05, 0) is 37.5 Å². The number of primary amides is 1. The standard InChI is InChI=1S/C52H91N13O15/c1-8-10-12-14-16-18-19-21-34(57-42(56-33(7)67)23-24-55-64-54)46(73)62-39(29-66)50(77)60-37(25-31(3)4)48(75)63-40-30-80-65(52(40)79)41(26-32(5)6)51(78)61-38(28-44(70)71)49(76)58-35(22-20-17-15-13-11-9-2)47(74)59-36(45(53)72)27-43(68)69/h31-32,34-42,54,57,66H,8-30H2,1-7H3,(H10-,53,56,58,59,60,61,62,63,67,68,69,70,71,72,73,74,75,76,77,78)/p+1/t34-,35-,36-,37-,38-,39-,40-,41-,42?/m0/s1. The first kappa shape index (κ1) is 71.4. The summed E-state index contributed by atoms with van der Waals surface area (Å²) in [5.74, 6) is -11.6. The van der Waals surface area contributed by atoms with Gasteiger partial charge in [-0.15, -0.1) is 0 Å². The molecule has 1 aliphatic rings. The van der Waals surface area contributed by atoms with Crippen LogP contribution in [0.25, 0.3) is 0 Å². The number of nitrogens with two attached hydrogens (primary N) is 1. The molecule has 28 nitrogen and oxygen atoms in total. The molecule has 1 heterocycles. The van der Waals surface area contributed by atoms with Crippen LogP contribution in [0.3, 0.4) is 0 Å². The van der Waals surface area contributed by atoms with E-state index < -0.39 is 146 Å². The van der Waals surface area contributed by atoms with E-state index in [2.05, 4.69) is 59.5 Å². The van der Waals surface area contributed by atoms with Crippen molar-refractivity contribution in [2.45, 2.75) is 231 Å². The van der Waals surface area contributed by atoms with Gasteiger partial charge in [0, 0.05) is 13.3 Å². The molecule has 0 aromatic rings. The quantitative estimate of drug-likeness (QED) is 0.0174. The molecular weight excluding hydrogens is 1050 g/mol. The summed E-state index contributed by atoms with van der Waals surface area (Å²) in [6.07, 6.45) is 9.07. The van der Waals surface area contributed by atoms with Gasteiger partial charge < -0.3 is 58.3 Å². The first-order valence-electron chi connectivity index (χ1n) is 28.1. The van der Waals surface area contributed by atoms with E-state index in [4.69, 9.17) is 16.1 Å². The van der Waals surface area contributed by atoms with E-state index in [0.717, 1.165) is 64.2 Å². The molecule has 0 radical (unpaired) electrons. The molecule has 1 fully saturated rings. The zero-order valence-electron chi connectivity index (χ0n) is 47.8. The summed E-state index contributed by atoms with van der Waals surface area (Å²) in [5.41, 5.74) is 12.3. The van der Waals surface area contributed by atoms with Gasteiger partial charge in [0.2, 0.25) is 52.2 Å². The number of aliphatic hydroxyl groups is 1. The maximum atomic E-state index is 14.1. The maximum absolute atomic E-state index is 14.1. The molecule has 0 spiro atoms. The van der Waals surface area contributed by atoms with Crippen molar-refractivity contribution in [1.29, 1.82) is 5.53 Å². The summed E-state index contributed by atoms with van der Waals surface area (Å²) in [7, 11) is 0. The largest absolute Gasteiger partial charge is 0.481 e. The third-order valence-electron chi connectivity index (χ3n) is 13.0. The predicted molar refractivity (Wildman–Crippen MR) is 290 cm³/mol. The molecule has 9 amide bonds. The SMILES string of the molecule is CCCCCCCCC[C@H](NC(CCN=[N+]=N)NC(C)=O)C(=O)N[C@@H](CO)C(=O)N[C@@H](CC(C)C)C(=O)N[C@H]1CON([C@@H](CC(C)C)C(=O)N[C@@H](CC(=O)O)C(=O)N[C@@H](CCCCCCCC)C(=O)N[C@@H](CC(=O)O)C(N)=O)C1=O. The monoisotopic (exact) mass is 1140 g/mol. The highest BCUT2D eigenvalue weighted by Gasteiger charge is 2.44. The minimum Gasteiger partial charge on any atom is -0.481 e. The fourth-order valence-corrected chi connectivity index (χ4v) is 8.77. The number of hydroxylamine groups is 2. The van der Waals surface area contributed by atoms with Gasteiger partial charge in [-0.2, -0.15) is 0 Å². The highest BCUT2D eigenvalue weighted by Crippen LogP contribution is 2.21. The van der Waals surface area contributed by atoms with Crippen molar-refractivity contribution in [3.8, 4) is 0 Å². The second kappa shape index (κ2) is 39.7. The second-order valence-corrected chi connectivity index (χ2v) is 21.1. The van der Waals surface area contributed by atoms with Crippen LogP contribution < -0.4 is 53.2 Å². The van der Waals surface area contributed by atoms with Gasteiger partial charge in [-0.1, -0.05) is 125 Å². The Hall–Kier alpha value is -6.64. The van der Waals surface area contributed by atoms with E-state index >= 15 is 0 Å². The lowest BCUT2D eigenvalue weighted by Gasteiger charge is -2.29. The Morgan fingerprint density at radius 2 is 1.09 bits per heavy atom. The molecule has 0 saturated carbocycles. The van der Waals surface area contributed by atoms with E-state index in [0.29, 0.717) is 30.7 Å².